The Balaban J connectivity index is 1.30. The van der Waals surface area contributed by atoms with Crippen LogP contribution < -0.4 is 5.32 Å². The Bertz CT molecular complexity index is 1460. The molecule has 2 N–H and O–H groups in total. The first-order chi connectivity index (χ1) is 15.6. The van der Waals surface area contributed by atoms with Gasteiger partial charge in [0, 0.05) is 30.1 Å². The van der Waals surface area contributed by atoms with Crippen molar-refractivity contribution in [3.63, 3.8) is 0 Å². The van der Waals surface area contributed by atoms with Crippen molar-refractivity contribution in [3.05, 3.63) is 83.2 Å². The van der Waals surface area contributed by atoms with Gasteiger partial charge in [-0.15, -0.1) is 0 Å². The fraction of sp³-hybridized carbons (Fsp3) is 0.0455. The first-order valence-corrected chi connectivity index (χ1v) is 10.7. The molecule has 2 aromatic carbocycles. The Morgan fingerprint density at radius 3 is 2.78 bits per heavy atom. The fourth-order valence-corrected chi connectivity index (χ4v) is 4.02. The summed E-state index contributed by atoms with van der Waals surface area (Å²) in [6, 6.07) is 17.9. The van der Waals surface area contributed by atoms with E-state index in [9.17, 15) is 14.9 Å². The molecule has 0 atom stereocenters. The second-order valence-corrected chi connectivity index (χ2v) is 7.95. The third-order valence-electron chi connectivity index (χ3n) is 4.82. The second kappa shape index (κ2) is 8.16. The first-order valence-electron chi connectivity index (χ1n) is 9.67. The number of rotatable bonds is 6. The van der Waals surface area contributed by atoms with Crippen LogP contribution >= 0.6 is 11.8 Å². The Kier molecular flexibility index (Phi) is 5.04. The first kappa shape index (κ1) is 19.8. The third kappa shape index (κ3) is 3.91. The number of amides is 1. The number of nitrogens with zero attached hydrogens (tertiary/aromatic N) is 4. The lowest BCUT2D eigenvalue weighted by Gasteiger charge is -2.05. The summed E-state index contributed by atoms with van der Waals surface area (Å²) in [6.45, 7) is 0. The van der Waals surface area contributed by atoms with Crippen LogP contribution in [0, 0.1) is 10.1 Å². The van der Waals surface area contributed by atoms with Crippen LogP contribution in [0.5, 0.6) is 0 Å². The molecule has 1 amide bonds. The number of H-pyrrole nitrogens is 1. The molecule has 5 rings (SSSR count). The largest absolute Gasteiger partial charge is 0.333 e. The molecule has 10 heteroatoms. The van der Waals surface area contributed by atoms with Crippen LogP contribution in [0.15, 0.2) is 78.2 Å². The number of nitrogens with one attached hydrogen (secondary N) is 2. The third-order valence-corrected chi connectivity index (χ3v) is 5.69. The van der Waals surface area contributed by atoms with E-state index in [-0.39, 0.29) is 17.3 Å². The lowest BCUT2D eigenvalue weighted by Crippen LogP contribution is -2.14. The Labute approximate surface area is 185 Å². The minimum Gasteiger partial charge on any atom is -0.333 e. The molecule has 32 heavy (non-hydrogen) atoms. The van der Waals surface area contributed by atoms with Crippen molar-refractivity contribution in [2.75, 3.05) is 11.1 Å². The number of benzene rings is 2. The van der Waals surface area contributed by atoms with Gasteiger partial charge in [-0.3, -0.25) is 14.9 Å². The van der Waals surface area contributed by atoms with Gasteiger partial charge in [-0.05, 0) is 18.2 Å². The molecule has 0 aliphatic rings. The van der Waals surface area contributed by atoms with Crippen molar-refractivity contribution in [1.82, 2.24) is 19.4 Å². The average Bonchev–Trinajstić information content (AvgIpc) is 3.42. The van der Waals surface area contributed by atoms with E-state index in [1.165, 1.54) is 23.9 Å². The maximum Gasteiger partial charge on any atom is 0.271 e. The number of aromatic amines is 1. The predicted octanol–water partition coefficient (Wildman–Crippen LogP) is 4.52. The van der Waals surface area contributed by atoms with Gasteiger partial charge in [0.15, 0.2) is 10.8 Å². The number of fused-ring (bicyclic) bond motifs is 2. The Hall–Kier alpha value is -4.18. The molecule has 0 bridgehead atoms. The van der Waals surface area contributed by atoms with E-state index >= 15 is 0 Å². The van der Waals surface area contributed by atoms with Crippen LogP contribution in [0.25, 0.3) is 27.9 Å². The van der Waals surface area contributed by atoms with Crippen LogP contribution in [0.3, 0.4) is 0 Å². The molecule has 3 heterocycles. The van der Waals surface area contributed by atoms with Crippen molar-refractivity contribution in [3.8, 4) is 11.3 Å². The molecule has 158 valence electrons. The number of thioether (sulfide) groups is 1. The standard InChI is InChI=1S/C22H16N6O3S/c29-20(13-32-22-25-16-9-8-15(28(30)31)11-18(16)26-22)23-17-7-4-10-27-12-19(24-21(17)27)14-5-2-1-3-6-14/h1-12H,13H2,(H,23,29)(H,25,26). The van der Waals surface area contributed by atoms with Gasteiger partial charge in [0.2, 0.25) is 5.91 Å². The molecule has 0 aliphatic heterocycles. The molecular weight excluding hydrogens is 428 g/mol. The quantitative estimate of drug-likeness (QED) is 0.226. The molecule has 0 spiro atoms. The van der Waals surface area contributed by atoms with Crippen molar-refractivity contribution >= 4 is 45.7 Å². The molecule has 0 radical (unpaired) electrons. The summed E-state index contributed by atoms with van der Waals surface area (Å²) in [5.41, 5.74) is 4.22. The number of nitro benzene ring substituents is 1. The van der Waals surface area contributed by atoms with Crippen LogP contribution in [0.4, 0.5) is 11.4 Å². The zero-order valence-corrected chi connectivity index (χ0v) is 17.4. The summed E-state index contributed by atoms with van der Waals surface area (Å²) in [5, 5.41) is 14.3. The van der Waals surface area contributed by atoms with E-state index < -0.39 is 4.92 Å². The lowest BCUT2D eigenvalue weighted by atomic mass is 10.2. The monoisotopic (exact) mass is 444 g/mol. The van der Waals surface area contributed by atoms with Crippen molar-refractivity contribution in [2.45, 2.75) is 5.16 Å². The van der Waals surface area contributed by atoms with Gasteiger partial charge in [0.05, 0.1) is 33.1 Å². The molecule has 0 saturated heterocycles. The summed E-state index contributed by atoms with van der Waals surface area (Å²) in [5.74, 6) is -0.0892. The van der Waals surface area contributed by atoms with Crippen LogP contribution in [-0.4, -0.2) is 35.9 Å². The van der Waals surface area contributed by atoms with Crippen molar-refractivity contribution in [1.29, 1.82) is 0 Å². The molecule has 3 aromatic heterocycles. The number of carbonyl (C=O) groups is 1. The van der Waals surface area contributed by atoms with Gasteiger partial charge in [-0.1, -0.05) is 42.1 Å². The van der Waals surface area contributed by atoms with E-state index in [1.807, 2.05) is 53.2 Å². The highest BCUT2D eigenvalue weighted by molar-refractivity contribution is 7.99. The van der Waals surface area contributed by atoms with Gasteiger partial charge in [-0.2, -0.15) is 0 Å². The highest BCUT2D eigenvalue weighted by atomic mass is 32.2. The summed E-state index contributed by atoms with van der Waals surface area (Å²) in [7, 11) is 0. The van der Waals surface area contributed by atoms with Gasteiger partial charge in [0.1, 0.15) is 0 Å². The van der Waals surface area contributed by atoms with Gasteiger partial charge in [0.25, 0.3) is 5.69 Å². The molecule has 0 unspecified atom stereocenters. The van der Waals surface area contributed by atoms with E-state index in [2.05, 4.69) is 20.3 Å². The minimum atomic E-state index is -0.458. The number of aromatic nitrogens is 4. The van der Waals surface area contributed by atoms with Gasteiger partial charge < -0.3 is 14.7 Å². The molecular formula is C22H16N6O3S. The number of pyridine rings is 1. The molecule has 5 aromatic rings. The fourth-order valence-electron chi connectivity index (χ4n) is 3.33. The zero-order chi connectivity index (χ0) is 22.1. The summed E-state index contributed by atoms with van der Waals surface area (Å²) >= 11 is 1.22. The number of non-ortho nitro benzene ring substituents is 1. The van der Waals surface area contributed by atoms with Crippen LogP contribution in [0.2, 0.25) is 0 Å². The van der Waals surface area contributed by atoms with Crippen LogP contribution in [0.1, 0.15) is 0 Å². The number of hydrogen-bond donors (Lipinski definition) is 2. The lowest BCUT2D eigenvalue weighted by molar-refractivity contribution is -0.384. The highest BCUT2D eigenvalue weighted by Crippen LogP contribution is 2.25. The smallest absolute Gasteiger partial charge is 0.271 e. The molecule has 0 saturated carbocycles. The molecule has 9 nitrogen and oxygen atoms in total. The number of anilines is 1. The van der Waals surface area contributed by atoms with Crippen LogP contribution in [-0.2, 0) is 4.79 Å². The predicted molar refractivity (Wildman–Crippen MR) is 123 cm³/mol. The maximum absolute atomic E-state index is 12.6. The van der Waals surface area contributed by atoms with E-state index in [1.54, 1.807) is 12.1 Å². The number of imidazole rings is 2. The normalized spacial score (nSPS) is 11.1. The SMILES string of the molecule is O=C(CSc1nc2ccc([N+](=O)[O-])cc2[nH]1)Nc1cccn2cc(-c3ccccc3)nc12. The van der Waals surface area contributed by atoms with Crippen molar-refractivity contribution < 1.29 is 9.72 Å². The molecule has 0 fully saturated rings. The van der Waals surface area contributed by atoms with E-state index in [0.717, 1.165) is 11.3 Å². The van der Waals surface area contributed by atoms with Gasteiger partial charge >= 0.3 is 0 Å². The zero-order valence-electron chi connectivity index (χ0n) is 16.6. The summed E-state index contributed by atoms with van der Waals surface area (Å²) < 4.78 is 1.87. The average molecular weight is 444 g/mol. The van der Waals surface area contributed by atoms with Gasteiger partial charge in [-0.25, -0.2) is 9.97 Å². The second-order valence-electron chi connectivity index (χ2n) is 6.98. The molecule has 0 aliphatic carbocycles. The number of carbonyl (C=O) groups excluding carboxylic acids is 1. The number of nitro groups is 1. The Morgan fingerprint density at radius 1 is 1.12 bits per heavy atom. The Morgan fingerprint density at radius 2 is 1.97 bits per heavy atom. The number of hydrogen-bond acceptors (Lipinski definition) is 6. The maximum atomic E-state index is 12.6. The topological polar surface area (TPSA) is 118 Å². The minimum absolute atomic E-state index is 0.0156. The van der Waals surface area contributed by atoms with E-state index in [4.69, 9.17) is 0 Å². The summed E-state index contributed by atoms with van der Waals surface area (Å²) in [4.78, 5) is 35.1. The highest BCUT2D eigenvalue weighted by Gasteiger charge is 2.13. The summed E-state index contributed by atoms with van der Waals surface area (Å²) in [6.07, 6.45) is 3.80. The van der Waals surface area contributed by atoms with Crippen molar-refractivity contribution in [2.24, 2.45) is 0 Å². The van der Waals surface area contributed by atoms with E-state index in [0.29, 0.717) is 27.5 Å².